The van der Waals surface area contributed by atoms with Gasteiger partial charge in [0.25, 0.3) is 0 Å². The molecule has 1 aliphatic rings. The van der Waals surface area contributed by atoms with E-state index in [0.29, 0.717) is 18.4 Å². The molecule has 1 aromatic carbocycles. The van der Waals surface area contributed by atoms with Crippen molar-refractivity contribution in [3.63, 3.8) is 0 Å². The molecule has 0 unspecified atom stereocenters. The van der Waals surface area contributed by atoms with Crippen LogP contribution in [0.4, 0.5) is 13.2 Å². The molecule has 0 saturated heterocycles. The van der Waals surface area contributed by atoms with Crippen LogP contribution in [0.1, 0.15) is 24.8 Å². The number of aliphatic hydroxyl groups excluding tert-OH is 1. The largest absolute Gasteiger partial charge is 0.573 e. The number of hydrogen-bond donors (Lipinski definition) is 1. The topological polar surface area (TPSA) is 29.5 Å². The zero-order valence-corrected chi connectivity index (χ0v) is 9.13. The van der Waals surface area contributed by atoms with Gasteiger partial charge >= 0.3 is 6.36 Å². The Bertz CT molecular complexity index is 391. The van der Waals surface area contributed by atoms with Crippen LogP contribution in [-0.4, -0.2) is 18.1 Å². The first kappa shape index (κ1) is 12.2. The number of halogens is 3. The van der Waals surface area contributed by atoms with Gasteiger partial charge in [0.1, 0.15) is 5.75 Å². The fraction of sp³-hybridized carbons (Fsp3) is 0.500. The van der Waals surface area contributed by atoms with Crippen molar-refractivity contribution in [1.82, 2.24) is 0 Å². The molecule has 0 amide bonds. The summed E-state index contributed by atoms with van der Waals surface area (Å²) in [6, 6.07) is 6.04. The van der Waals surface area contributed by atoms with Crippen molar-refractivity contribution >= 4 is 0 Å². The van der Waals surface area contributed by atoms with E-state index in [0.717, 1.165) is 6.42 Å². The number of ether oxygens (including phenoxy) is 1. The van der Waals surface area contributed by atoms with Crippen LogP contribution in [0.15, 0.2) is 24.3 Å². The molecule has 0 radical (unpaired) electrons. The molecule has 1 N–H and O–H groups in total. The third-order valence-corrected chi connectivity index (χ3v) is 3.30. The van der Waals surface area contributed by atoms with E-state index in [1.54, 1.807) is 12.1 Å². The SMILES string of the molecule is OCC1(c2ccccc2OC(F)(F)F)CCC1. The summed E-state index contributed by atoms with van der Waals surface area (Å²) in [6.45, 7) is -0.148. The number of aliphatic hydroxyl groups is 1. The predicted octanol–water partition coefficient (Wildman–Crippen LogP) is 3.00. The molecule has 0 bridgehead atoms. The lowest BCUT2D eigenvalue weighted by Gasteiger charge is -2.41. The molecular weight excluding hydrogens is 233 g/mol. The highest BCUT2D eigenvalue weighted by molar-refractivity contribution is 5.41. The van der Waals surface area contributed by atoms with Crippen molar-refractivity contribution in [2.45, 2.75) is 31.0 Å². The van der Waals surface area contributed by atoms with Gasteiger partial charge in [0.15, 0.2) is 0 Å². The first-order valence-corrected chi connectivity index (χ1v) is 5.43. The molecule has 1 saturated carbocycles. The van der Waals surface area contributed by atoms with Crippen molar-refractivity contribution < 1.29 is 23.0 Å². The van der Waals surface area contributed by atoms with Crippen LogP contribution in [0, 0.1) is 0 Å². The number of benzene rings is 1. The summed E-state index contributed by atoms with van der Waals surface area (Å²) in [5.74, 6) is -0.200. The first-order chi connectivity index (χ1) is 7.97. The summed E-state index contributed by atoms with van der Waals surface area (Å²) in [7, 11) is 0. The van der Waals surface area contributed by atoms with E-state index < -0.39 is 11.8 Å². The fourth-order valence-electron chi connectivity index (χ4n) is 2.23. The van der Waals surface area contributed by atoms with E-state index in [1.165, 1.54) is 12.1 Å². The van der Waals surface area contributed by atoms with Gasteiger partial charge in [-0.15, -0.1) is 13.2 Å². The van der Waals surface area contributed by atoms with Crippen LogP contribution in [0.3, 0.4) is 0 Å². The fourth-order valence-corrected chi connectivity index (χ4v) is 2.23. The maximum absolute atomic E-state index is 12.3. The Labute approximate surface area is 97.0 Å². The minimum Gasteiger partial charge on any atom is -0.405 e. The smallest absolute Gasteiger partial charge is 0.405 e. The van der Waals surface area contributed by atoms with E-state index in [2.05, 4.69) is 4.74 Å². The highest BCUT2D eigenvalue weighted by Crippen LogP contribution is 2.47. The Morgan fingerprint density at radius 1 is 1.24 bits per heavy atom. The minimum atomic E-state index is -4.70. The maximum Gasteiger partial charge on any atom is 0.573 e. The van der Waals surface area contributed by atoms with Gasteiger partial charge < -0.3 is 9.84 Å². The molecule has 1 fully saturated rings. The number of alkyl halides is 3. The summed E-state index contributed by atoms with van der Waals surface area (Å²) in [6.07, 6.45) is -2.39. The zero-order chi connectivity index (χ0) is 12.5. The molecule has 0 aromatic heterocycles. The Morgan fingerprint density at radius 3 is 2.35 bits per heavy atom. The molecule has 17 heavy (non-hydrogen) atoms. The zero-order valence-electron chi connectivity index (χ0n) is 9.13. The number of hydrogen-bond acceptors (Lipinski definition) is 2. The van der Waals surface area contributed by atoms with Crippen LogP contribution in [-0.2, 0) is 5.41 Å². The quantitative estimate of drug-likeness (QED) is 0.888. The Kier molecular flexibility index (Phi) is 3.03. The highest BCUT2D eigenvalue weighted by Gasteiger charge is 2.42. The highest BCUT2D eigenvalue weighted by atomic mass is 19.4. The second-order valence-corrected chi connectivity index (χ2v) is 4.34. The van der Waals surface area contributed by atoms with Gasteiger partial charge in [-0.3, -0.25) is 0 Å². The van der Waals surface area contributed by atoms with E-state index in [4.69, 9.17) is 0 Å². The average molecular weight is 246 g/mol. The van der Waals surface area contributed by atoms with E-state index >= 15 is 0 Å². The standard InChI is InChI=1S/C12H13F3O2/c13-12(14,15)17-10-5-2-1-4-9(10)11(8-16)6-3-7-11/h1-2,4-5,16H,3,6-8H2. The Balaban J connectivity index is 2.34. The summed E-state index contributed by atoms with van der Waals surface area (Å²) in [4.78, 5) is 0. The van der Waals surface area contributed by atoms with Crippen molar-refractivity contribution in [2.24, 2.45) is 0 Å². The van der Waals surface area contributed by atoms with Gasteiger partial charge in [0, 0.05) is 11.0 Å². The molecule has 1 aromatic rings. The van der Waals surface area contributed by atoms with Gasteiger partial charge in [-0.05, 0) is 18.9 Å². The molecule has 94 valence electrons. The summed E-state index contributed by atoms with van der Waals surface area (Å²) in [5.41, 5.74) is -0.104. The lowest BCUT2D eigenvalue weighted by Crippen LogP contribution is -2.38. The molecule has 2 rings (SSSR count). The summed E-state index contributed by atoms with van der Waals surface area (Å²) in [5, 5.41) is 9.38. The van der Waals surface area contributed by atoms with E-state index in [-0.39, 0.29) is 12.4 Å². The van der Waals surface area contributed by atoms with Crippen LogP contribution in [0.25, 0.3) is 0 Å². The first-order valence-electron chi connectivity index (χ1n) is 5.43. The second kappa shape index (κ2) is 4.22. The van der Waals surface area contributed by atoms with Gasteiger partial charge in [0.2, 0.25) is 0 Å². The van der Waals surface area contributed by atoms with Crippen molar-refractivity contribution in [1.29, 1.82) is 0 Å². The third kappa shape index (κ3) is 2.39. The molecule has 0 aliphatic heterocycles. The van der Waals surface area contributed by atoms with Crippen LogP contribution in [0.5, 0.6) is 5.75 Å². The van der Waals surface area contributed by atoms with Crippen molar-refractivity contribution in [3.8, 4) is 5.75 Å². The normalized spacial score (nSPS) is 18.6. The van der Waals surface area contributed by atoms with Gasteiger partial charge in [-0.2, -0.15) is 0 Å². The molecule has 0 atom stereocenters. The number of rotatable bonds is 3. The summed E-state index contributed by atoms with van der Waals surface area (Å²) >= 11 is 0. The van der Waals surface area contributed by atoms with Gasteiger partial charge in [0.05, 0.1) is 6.61 Å². The second-order valence-electron chi connectivity index (χ2n) is 4.34. The van der Waals surface area contributed by atoms with Crippen LogP contribution < -0.4 is 4.74 Å². The van der Waals surface area contributed by atoms with Crippen LogP contribution >= 0.6 is 0 Å². The molecular formula is C12H13F3O2. The molecule has 5 heteroatoms. The van der Waals surface area contributed by atoms with E-state index in [1.807, 2.05) is 0 Å². The lowest BCUT2D eigenvalue weighted by atomic mass is 9.65. The predicted molar refractivity (Wildman–Crippen MR) is 55.7 cm³/mol. The van der Waals surface area contributed by atoms with Gasteiger partial charge in [-0.25, -0.2) is 0 Å². The monoisotopic (exact) mass is 246 g/mol. The third-order valence-electron chi connectivity index (χ3n) is 3.30. The molecule has 1 aliphatic carbocycles. The lowest BCUT2D eigenvalue weighted by molar-refractivity contribution is -0.275. The maximum atomic E-state index is 12.3. The van der Waals surface area contributed by atoms with Crippen LogP contribution in [0.2, 0.25) is 0 Å². The summed E-state index contributed by atoms with van der Waals surface area (Å²) < 4.78 is 40.8. The van der Waals surface area contributed by atoms with Gasteiger partial charge in [-0.1, -0.05) is 24.6 Å². The molecule has 0 spiro atoms. The van der Waals surface area contributed by atoms with Crippen molar-refractivity contribution in [3.05, 3.63) is 29.8 Å². The Morgan fingerprint density at radius 2 is 1.88 bits per heavy atom. The molecule has 0 heterocycles. The van der Waals surface area contributed by atoms with E-state index in [9.17, 15) is 18.3 Å². The average Bonchev–Trinajstić information content (AvgIpc) is 2.17. The van der Waals surface area contributed by atoms with Crippen molar-refractivity contribution in [2.75, 3.05) is 6.61 Å². The Hall–Kier alpha value is -1.23. The molecule has 2 nitrogen and oxygen atoms in total. The number of para-hydroxylation sites is 1. The minimum absolute atomic E-state index is 0.148.